The number of amides is 1. The van der Waals surface area contributed by atoms with Crippen LogP contribution < -0.4 is 5.43 Å². The molecule has 3 rings (SSSR count). The molecular weight excluding hydrogens is 397 g/mol. The predicted molar refractivity (Wildman–Crippen MR) is 103 cm³/mol. The largest absolute Gasteiger partial charge is 0.291 e. The third-order valence-corrected chi connectivity index (χ3v) is 4.16. The maximum atomic E-state index is 12.2. The van der Waals surface area contributed by atoms with Crippen molar-refractivity contribution in [2.45, 2.75) is 6.92 Å². The van der Waals surface area contributed by atoms with Crippen molar-refractivity contribution in [3.8, 4) is 5.69 Å². The van der Waals surface area contributed by atoms with Gasteiger partial charge in [-0.3, -0.25) is 9.78 Å². The van der Waals surface area contributed by atoms with Gasteiger partial charge in [0.1, 0.15) is 5.69 Å². The Kier molecular flexibility index (Phi) is 5.56. The molecule has 0 saturated carbocycles. The molecule has 0 aliphatic rings. The SMILES string of the molecule is Cc1cc(C(=O)N/N=C\c2ccccn2)nn1-c1c(Cl)cc(Cl)cc1Cl. The van der Waals surface area contributed by atoms with Gasteiger partial charge in [0.15, 0.2) is 5.69 Å². The zero-order valence-electron chi connectivity index (χ0n) is 13.4. The molecule has 0 saturated heterocycles. The maximum absolute atomic E-state index is 12.2. The number of rotatable bonds is 4. The first-order valence-electron chi connectivity index (χ1n) is 7.41. The van der Waals surface area contributed by atoms with Crippen LogP contribution in [0.15, 0.2) is 47.7 Å². The van der Waals surface area contributed by atoms with Crippen LogP contribution in [0.5, 0.6) is 0 Å². The first-order chi connectivity index (χ1) is 12.5. The van der Waals surface area contributed by atoms with E-state index in [0.29, 0.717) is 32.1 Å². The molecule has 2 aromatic heterocycles. The van der Waals surface area contributed by atoms with E-state index in [2.05, 4.69) is 20.6 Å². The number of hydrogen-bond donors (Lipinski definition) is 1. The summed E-state index contributed by atoms with van der Waals surface area (Å²) in [6.07, 6.45) is 3.07. The molecule has 0 spiro atoms. The highest BCUT2D eigenvalue weighted by molar-refractivity contribution is 6.40. The minimum absolute atomic E-state index is 0.169. The number of aryl methyl sites for hydroxylation is 1. The van der Waals surface area contributed by atoms with Gasteiger partial charge in [-0.05, 0) is 37.3 Å². The number of hydrogen-bond acceptors (Lipinski definition) is 4. The van der Waals surface area contributed by atoms with E-state index < -0.39 is 5.91 Å². The Morgan fingerprint density at radius 2 is 1.92 bits per heavy atom. The summed E-state index contributed by atoms with van der Waals surface area (Å²) in [6, 6.07) is 10.1. The Morgan fingerprint density at radius 1 is 1.19 bits per heavy atom. The van der Waals surface area contributed by atoms with Crippen molar-refractivity contribution in [1.29, 1.82) is 0 Å². The quantitative estimate of drug-likeness (QED) is 0.517. The molecular formula is C17H12Cl3N5O. The first kappa shape index (κ1) is 18.4. The third-order valence-electron chi connectivity index (χ3n) is 3.36. The Morgan fingerprint density at radius 3 is 2.58 bits per heavy atom. The van der Waals surface area contributed by atoms with E-state index in [9.17, 15) is 4.79 Å². The van der Waals surface area contributed by atoms with Crippen LogP contribution in [0.1, 0.15) is 21.9 Å². The molecule has 0 aliphatic heterocycles. The van der Waals surface area contributed by atoms with E-state index in [0.717, 1.165) is 0 Å². The summed E-state index contributed by atoms with van der Waals surface area (Å²) in [5.41, 5.74) is 4.32. The average Bonchev–Trinajstić information content (AvgIpc) is 2.97. The van der Waals surface area contributed by atoms with Crippen LogP contribution in [0.3, 0.4) is 0 Å². The number of nitrogens with zero attached hydrogens (tertiary/aromatic N) is 4. The van der Waals surface area contributed by atoms with Gasteiger partial charge in [-0.1, -0.05) is 40.9 Å². The Bertz CT molecular complexity index is 962. The molecule has 0 unspecified atom stereocenters. The van der Waals surface area contributed by atoms with E-state index in [-0.39, 0.29) is 5.69 Å². The van der Waals surface area contributed by atoms with Gasteiger partial charge < -0.3 is 0 Å². The summed E-state index contributed by atoms with van der Waals surface area (Å²) >= 11 is 18.4. The van der Waals surface area contributed by atoms with E-state index in [4.69, 9.17) is 34.8 Å². The van der Waals surface area contributed by atoms with Crippen LogP contribution in [0.4, 0.5) is 0 Å². The highest BCUT2D eigenvalue weighted by atomic mass is 35.5. The molecule has 0 atom stereocenters. The Hall–Kier alpha value is -2.41. The monoisotopic (exact) mass is 407 g/mol. The van der Waals surface area contributed by atoms with E-state index in [1.54, 1.807) is 43.5 Å². The summed E-state index contributed by atoms with van der Waals surface area (Å²) in [6.45, 7) is 1.78. The van der Waals surface area contributed by atoms with Crippen LogP contribution in [0, 0.1) is 6.92 Å². The molecule has 1 aromatic carbocycles. The van der Waals surface area contributed by atoms with Crippen LogP contribution in [-0.4, -0.2) is 26.9 Å². The summed E-state index contributed by atoms with van der Waals surface area (Å²) in [4.78, 5) is 16.3. The second-order valence-electron chi connectivity index (χ2n) is 5.25. The summed E-state index contributed by atoms with van der Waals surface area (Å²) in [5, 5.41) is 9.20. The molecule has 3 aromatic rings. The van der Waals surface area contributed by atoms with Gasteiger partial charge in [0.25, 0.3) is 5.91 Å². The lowest BCUT2D eigenvalue weighted by Gasteiger charge is -2.09. The number of benzene rings is 1. The average molecular weight is 409 g/mol. The minimum Gasteiger partial charge on any atom is -0.265 e. The standard InChI is InChI=1S/C17H12Cl3N5O/c1-10-6-15(17(26)23-22-9-12-4-2-3-5-21-12)24-25(10)16-13(19)7-11(18)8-14(16)20/h2-9H,1H3,(H,23,26)/b22-9-. The molecule has 0 radical (unpaired) electrons. The number of aromatic nitrogens is 3. The van der Waals surface area contributed by atoms with E-state index in [1.165, 1.54) is 10.9 Å². The van der Waals surface area contributed by atoms with Crippen molar-refractivity contribution in [3.05, 3.63) is 74.7 Å². The molecule has 132 valence electrons. The molecule has 0 fully saturated rings. The Labute approximate surface area is 164 Å². The fraction of sp³-hybridized carbons (Fsp3) is 0.0588. The number of halogens is 3. The van der Waals surface area contributed by atoms with Crippen molar-refractivity contribution in [2.24, 2.45) is 5.10 Å². The lowest BCUT2D eigenvalue weighted by Crippen LogP contribution is -2.18. The minimum atomic E-state index is -0.472. The van der Waals surface area contributed by atoms with Gasteiger partial charge in [0, 0.05) is 16.9 Å². The maximum Gasteiger partial charge on any atom is 0.291 e. The van der Waals surface area contributed by atoms with Gasteiger partial charge in [-0.25, -0.2) is 10.1 Å². The number of hydrazone groups is 1. The lowest BCUT2D eigenvalue weighted by molar-refractivity contribution is 0.0949. The second kappa shape index (κ2) is 7.86. The van der Waals surface area contributed by atoms with Gasteiger partial charge in [-0.2, -0.15) is 10.2 Å². The van der Waals surface area contributed by atoms with Crippen molar-refractivity contribution >= 4 is 46.9 Å². The highest BCUT2D eigenvalue weighted by Crippen LogP contribution is 2.32. The normalized spacial score (nSPS) is 11.1. The zero-order valence-corrected chi connectivity index (χ0v) is 15.7. The molecule has 9 heteroatoms. The topological polar surface area (TPSA) is 72.2 Å². The second-order valence-corrected chi connectivity index (χ2v) is 6.51. The van der Waals surface area contributed by atoms with Crippen LogP contribution in [-0.2, 0) is 0 Å². The number of carbonyl (C=O) groups is 1. The molecule has 26 heavy (non-hydrogen) atoms. The first-order valence-corrected chi connectivity index (χ1v) is 8.55. The van der Waals surface area contributed by atoms with Crippen LogP contribution in [0.2, 0.25) is 15.1 Å². The number of carbonyl (C=O) groups excluding carboxylic acids is 1. The smallest absolute Gasteiger partial charge is 0.265 e. The zero-order chi connectivity index (χ0) is 18.7. The highest BCUT2D eigenvalue weighted by Gasteiger charge is 2.17. The Balaban J connectivity index is 1.82. The molecule has 2 heterocycles. The fourth-order valence-corrected chi connectivity index (χ4v) is 3.19. The van der Waals surface area contributed by atoms with Crippen molar-refractivity contribution in [1.82, 2.24) is 20.2 Å². The van der Waals surface area contributed by atoms with Crippen molar-refractivity contribution in [2.75, 3.05) is 0 Å². The van der Waals surface area contributed by atoms with Crippen molar-refractivity contribution in [3.63, 3.8) is 0 Å². The molecule has 0 aliphatic carbocycles. The van der Waals surface area contributed by atoms with E-state index >= 15 is 0 Å². The number of nitrogens with one attached hydrogen (secondary N) is 1. The molecule has 1 amide bonds. The van der Waals surface area contributed by atoms with E-state index in [1.807, 2.05) is 6.07 Å². The van der Waals surface area contributed by atoms with Crippen molar-refractivity contribution < 1.29 is 4.79 Å². The lowest BCUT2D eigenvalue weighted by atomic mass is 10.3. The van der Waals surface area contributed by atoms with Crippen LogP contribution in [0.25, 0.3) is 5.69 Å². The number of pyridine rings is 1. The van der Waals surface area contributed by atoms with Crippen LogP contribution >= 0.6 is 34.8 Å². The molecule has 1 N–H and O–H groups in total. The summed E-state index contributed by atoms with van der Waals surface area (Å²) in [7, 11) is 0. The van der Waals surface area contributed by atoms with Gasteiger partial charge in [0.2, 0.25) is 0 Å². The molecule has 0 bridgehead atoms. The fourth-order valence-electron chi connectivity index (χ4n) is 2.22. The van der Waals surface area contributed by atoms with Gasteiger partial charge >= 0.3 is 0 Å². The summed E-state index contributed by atoms with van der Waals surface area (Å²) < 4.78 is 1.48. The summed E-state index contributed by atoms with van der Waals surface area (Å²) in [5.74, 6) is -0.472. The predicted octanol–water partition coefficient (Wildman–Crippen LogP) is 4.30. The van der Waals surface area contributed by atoms with Gasteiger partial charge in [-0.15, -0.1) is 0 Å². The third kappa shape index (κ3) is 4.04. The van der Waals surface area contributed by atoms with Gasteiger partial charge in [0.05, 0.1) is 22.0 Å². The molecule has 6 nitrogen and oxygen atoms in total.